The van der Waals surface area contributed by atoms with Crippen molar-refractivity contribution >= 4 is 0 Å². The Bertz CT molecular complexity index is 291. The molecule has 1 rings (SSSR count). The van der Waals surface area contributed by atoms with Crippen LogP contribution in [0.3, 0.4) is 0 Å². The summed E-state index contributed by atoms with van der Waals surface area (Å²) in [5.74, 6) is 0.166. The van der Waals surface area contributed by atoms with Crippen LogP contribution in [-0.4, -0.2) is 14.2 Å². The molecule has 0 aliphatic heterocycles. The van der Waals surface area contributed by atoms with Crippen LogP contribution in [0, 0.1) is 5.82 Å². The molecule has 0 aliphatic rings. The fourth-order valence-electron chi connectivity index (χ4n) is 1.05. The zero-order valence-electron chi connectivity index (χ0n) is 7.58. The monoisotopic (exact) mass is 185 g/mol. The van der Waals surface area contributed by atoms with Crippen molar-refractivity contribution in [2.24, 2.45) is 5.73 Å². The van der Waals surface area contributed by atoms with E-state index in [0.717, 1.165) is 0 Å². The lowest BCUT2D eigenvalue weighted by molar-refractivity contribution is 0.106. The second kappa shape index (κ2) is 4.20. The molecule has 0 amide bonds. The van der Waals surface area contributed by atoms with Gasteiger partial charge in [0.25, 0.3) is 0 Å². The first-order chi connectivity index (χ1) is 6.19. The molecule has 0 radical (unpaired) electrons. The summed E-state index contributed by atoms with van der Waals surface area (Å²) in [5, 5.41) is 0. The Balaban J connectivity index is 3.07. The molecule has 3 nitrogen and oxygen atoms in total. The molecule has 0 saturated heterocycles. The maximum Gasteiger partial charge on any atom is 0.135 e. The van der Waals surface area contributed by atoms with Gasteiger partial charge in [-0.2, -0.15) is 0 Å². The number of rotatable bonds is 3. The highest BCUT2D eigenvalue weighted by molar-refractivity contribution is 5.35. The summed E-state index contributed by atoms with van der Waals surface area (Å²) in [4.78, 5) is 0. The van der Waals surface area contributed by atoms with E-state index in [9.17, 15) is 4.39 Å². The third-order valence-corrected chi connectivity index (χ3v) is 1.75. The normalized spacial score (nSPS) is 12.6. The van der Waals surface area contributed by atoms with Gasteiger partial charge < -0.3 is 15.2 Å². The average molecular weight is 185 g/mol. The fourth-order valence-corrected chi connectivity index (χ4v) is 1.05. The van der Waals surface area contributed by atoms with Crippen LogP contribution in [0.5, 0.6) is 5.75 Å². The second-order valence-electron chi connectivity index (χ2n) is 2.54. The largest absolute Gasteiger partial charge is 0.496 e. The van der Waals surface area contributed by atoms with Crippen molar-refractivity contribution in [2.75, 3.05) is 14.2 Å². The van der Waals surface area contributed by atoms with Crippen molar-refractivity contribution < 1.29 is 13.9 Å². The quantitative estimate of drug-likeness (QED) is 0.724. The fraction of sp³-hybridized carbons (Fsp3) is 0.333. The molecule has 4 heteroatoms. The van der Waals surface area contributed by atoms with Crippen molar-refractivity contribution in [1.82, 2.24) is 0 Å². The Kier molecular flexibility index (Phi) is 3.22. The first-order valence-corrected chi connectivity index (χ1v) is 3.81. The van der Waals surface area contributed by atoms with Gasteiger partial charge in [0, 0.05) is 12.7 Å². The summed E-state index contributed by atoms with van der Waals surface area (Å²) >= 11 is 0. The molecule has 0 heterocycles. The van der Waals surface area contributed by atoms with Crippen molar-refractivity contribution in [3.8, 4) is 5.75 Å². The van der Waals surface area contributed by atoms with Gasteiger partial charge in [0.2, 0.25) is 0 Å². The van der Waals surface area contributed by atoms with Gasteiger partial charge in [0.05, 0.1) is 7.11 Å². The minimum absolute atomic E-state index is 0.358. The number of nitrogens with two attached hydrogens (primary N) is 1. The molecule has 13 heavy (non-hydrogen) atoms. The van der Waals surface area contributed by atoms with E-state index in [1.54, 1.807) is 0 Å². The third-order valence-electron chi connectivity index (χ3n) is 1.75. The molecule has 1 atom stereocenters. The van der Waals surface area contributed by atoms with Gasteiger partial charge in [-0.3, -0.25) is 0 Å². The van der Waals surface area contributed by atoms with Gasteiger partial charge in [0.15, 0.2) is 0 Å². The van der Waals surface area contributed by atoms with Crippen molar-refractivity contribution in [2.45, 2.75) is 6.23 Å². The summed E-state index contributed by atoms with van der Waals surface area (Å²) in [7, 11) is 2.95. The van der Waals surface area contributed by atoms with E-state index in [2.05, 4.69) is 0 Å². The summed E-state index contributed by atoms with van der Waals surface area (Å²) in [6.45, 7) is 0. The first kappa shape index (κ1) is 9.95. The number of halogens is 1. The lowest BCUT2D eigenvalue weighted by atomic mass is 10.1. The van der Waals surface area contributed by atoms with Crippen LogP contribution in [0.25, 0.3) is 0 Å². The molecule has 1 aromatic rings. The van der Waals surface area contributed by atoms with E-state index in [0.29, 0.717) is 11.3 Å². The van der Waals surface area contributed by atoms with E-state index >= 15 is 0 Å². The van der Waals surface area contributed by atoms with Crippen LogP contribution in [0.4, 0.5) is 4.39 Å². The molecule has 2 N–H and O–H groups in total. The molecular formula is C9H12FNO2. The molecule has 0 bridgehead atoms. The highest BCUT2D eigenvalue weighted by atomic mass is 19.1. The summed E-state index contributed by atoms with van der Waals surface area (Å²) in [5.41, 5.74) is 6.08. The summed E-state index contributed by atoms with van der Waals surface area (Å²) in [6, 6.07) is 4.13. The van der Waals surface area contributed by atoms with E-state index < -0.39 is 6.23 Å². The van der Waals surface area contributed by atoms with Crippen LogP contribution < -0.4 is 10.5 Å². The van der Waals surface area contributed by atoms with Gasteiger partial charge in [-0.25, -0.2) is 4.39 Å². The molecule has 0 aromatic heterocycles. The van der Waals surface area contributed by atoms with E-state index in [4.69, 9.17) is 15.2 Å². The van der Waals surface area contributed by atoms with Crippen molar-refractivity contribution in [1.29, 1.82) is 0 Å². The Morgan fingerprint density at radius 3 is 2.62 bits per heavy atom. The molecule has 1 unspecified atom stereocenters. The maximum atomic E-state index is 12.8. The van der Waals surface area contributed by atoms with Crippen LogP contribution in [0.1, 0.15) is 11.8 Å². The van der Waals surface area contributed by atoms with Gasteiger partial charge in [-0.1, -0.05) is 0 Å². The predicted molar refractivity (Wildman–Crippen MR) is 46.9 cm³/mol. The molecule has 0 aliphatic carbocycles. The lowest BCUT2D eigenvalue weighted by Crippen LogP contribution is -2.13. The molecule has 0 spiro atoms. The number of benzene rings is 1. The molecular weight excluding hydrogens is 173 g/mol. The Labute approximate surface area is 76.3 Å². The molecule has 0 fully saturated rings. The zero-order valence-corrected chi connectivity index (χ0v) is 7.58. The number of hydrogen-bond acceptors (Lipinski definition) is 3. The first-order valence-electron chi connectivity index (χ1n) is 3.81. The average Bonchev–Trinajstić information content (AvgIpc) is 2.16. The third kappa shape index (κ3) is 2.17. The molecule has 0 saturated carbocycles. The topological polar surface area (TPSA) is 44.5 Å². The van der Waals surface area contributed by atoms with Crippen LogP contribution in [0.15, 0.2) is 18.2 Å². The maximum absolute atomic E-state index is 12.8. The van der Waals surface area contributed by atoms with Crippen LogP contribution >= 0.6 is 0 Å². The summed E-state index contributed by atoms with van der Waals surface area (Å²) < 4.78 is 22.7. The molecule has 72 valence electrons. The van der Waals surface area contributed by atoms with Gasteiger partial charge in [0.1, 0.15) is 17.8 Å². The second-order valence-corrected chi connectivity index (χ2v) is 2.54. The van der Waals surface area contributed by atoms with Gasteiger partial charge in [-0.05, 0) is 18.2 Å². The number of hydrogen-bond donors (Lipinski definition) is 1. The number of ether oxygens (including phenoxy) is 2. The predicted octanol–water partition coefficient (Wildman–Crippen LogP) is 1.44. The molecule has 1 aromatic carbocycles. The number of methoxy groups -OCH3 is 2. The van der Waals surface area contributed by atoms with E-state index in [-0.39, 0.29) is 5.82 Å². The van der Waals surface area contributed by atoms with E-state index in [1.165, 1.54) is 32.4 Å². The summed E-state index contributed by atoms with van der Waals surface area (Å²) in [6.07, 6.45) is -0.661. The van der Waals surface area contributed by atoms with E-state index in [1.807, 2.05) is 0 Å². The minimum Gasteiger partial charge on any atom is -0.496 e. The van der Waals surface area contributed by atoms with Crippen molar-refractivity contribution in [3.63, 3.8) is 0 Å². The lowest BCUT2D eigenvalue weighted by Gasteiger charge is -2.13. The minimum atomic E-state index is -0.661. The van der Waals surface area contributed by atoms with Gasteiger partial charge >= 0.3 is 0 Å². The van der Waals surface area contributed by atoms with Crippen LogP contribution in [-0.2, 0) is 4.74 Å². The van der Waals surface area contributed by atoms with Crippen molar-refractivity contribution in [3.05, 3.63) is 29.6 Å². The Hall–Kier alpha value is -1.13. The highest BCUT2D eigenvalue weighted by Gasteiger charge is 2.11. The smallest absolute Gasteiger partial charge is 0.135 e. The zero-order chi connectivity index (χ0) is 9.84. The van der Waals surface area contributed by atoms with Gasteiger partial charge in [-0.15, -0.1) is 0 Å². The highest BCUT2D eigenvalue weighted by Crippen LogP contribution is 2.24. The van der Waals surface area contributed by atoms with Crippen LogP contribution in [0.2, 0.25) is 0 Å². The Morgan fingerprint density at radius 1 is 1.38 bits per heavy atom. The SMILES string of the molecule is COc1ccc(F)cc1C(N)OC. The Morgan fingerprint density at radius 2 is 2.08 bits per heavy atom. The standard InChI is InChI=1S/C9H12FNO2/c1-12-8-4-3-6(10)5-7(8)9(11)13-2/h3-5,9H,11H2,1-2H3.